The first-order valence-electron chi connectivity index (χ1n) is 4.17. The van der Waals surface area contributed by atoms with Crippen molar-refractivity contribution in [1.29, 1.82) is 0 Å². The monoisotopic (exact) mass is 229 g/mol. The molecule has 0 atom stereocenters. The van der Waals surface area contributed by atoms with E-state index in [0.717, 1.165) is 0 Å². The van der Waals surface area contributed by atoms with E-state index < -0.39 is 15.8 Å². The predicted molar refractivity (Wildman–Crippen MR) is 55.0 cm³/mol. The minimum Gasteiger partial charge on any atom is -0.380 e. The summed E-state index contributed by atoms with van der Waals surface area (Å²) in [6.07, 6.45) is 0. The van der Waals surface area contributed by atoms with Crippen molar-refractivity contribution in [2.75, 3.05) is 11.3 Å². The first-order chi connectivity index (χ1) is 6.95. The highest BCUT2D eigenvalue weighted by Crippen LogP contribution is 2.14. The molecule has 5 nitrogen and oxygen atoms in total. The molecule has 0 aliphatic rings. The van der Waals surface area contributed by atoms with Crippen molar-refractivity contribution in [2.24, 2.45) is 0 Å². The molecule has 1 amide bonds. The van der Waals surface area contributed by atoms with Gasteiger partial charge in [0.2, 0.25) is 15.7 Å². The van der Waals surface area contributed by atoms with Gasteiger partial charge >= 0.3 is 0 Å². The molecule has 0 unspecified atom stereocenters. The number of benzene rings is 1. The highest BCUT2D eigenvalue weighted by Gasteiger charge is 2.11. The molecule has 0 heterocycles. The number of amides is 1. The SMILES string of the molecule is CC(=O)Nc1ccc(S(=O)(=O)CO)cc1. The van der Waals surface area contributed by atoms with Crippen LogP contribution in [0.15, 0.2) is 29.2 Å². The number of anilines is 1. The number of sulfone groups is 1. The molecule has 0 saturated heterocycles. The van der Waals surface area contributed by atoms with Crippen LogP contribution in [-0.4, -0.2) is 25.4 Å². The molecule has 0 bridgehead atoms. The number of hydrogen-bond acceptors (Lipinski definition) is 4. The van der Waals surface area contributed by atoms with Crippen LogP contribution >= 0.6 is 0 Å². The van der Waals surface area contributed by atoms with Gasteiger partial charge in [-0.05, 0) is 24.3 Å². The maximum atomic E-state index is 11.2. The lowest BCUT2D eigenvalue weighted by Crippen LogP contribution is -2.08. The largest absolute Gasteiger partial charge is 0.380 e. The van der Waals surface area contributed by atoms with E-state index in [1.807, 2.05) is 0 Å². The summed E-state index contributed by atoms with van der Waals surface area (Å²) in [6, 6.07) is 5.58. The fourth-order valence-electron chi connectivity index (χ4n) is 1.02. The van der Waals surface area contributed by atoms with Crippen molar-refractivity contribution in [2.45, 2.75) is 11.8 Å². The van der Waals surface area contributed by atoms with Crippen molar-refractivity contribution in [3.05, 3.63) is 24.3 Å². The highest BCUT2D eigenvalue weighted by molar-refractivity contribution is 7.91. The minimum absolute atomic E-state index is 0.0269. The quantitative estimate of drug-likeness (QED) is 0.784. The third-order valence-corrected chi connectivity index (χ3v) is 3.03. The summed E-state index contributed by atoms with van der Waals surface area (Å²) in [5, 5.41) is 11.1. The second-order valence-corrected chi connectivity index (χ2v) is 4.91. The Hall–Kier alpha value is -1.40. The first kappa shape index (κ1) is 11.7. The van der Waals surface area contributed by atoms with Gasteiger partial charge in [0.15, 0.2) is 0 Å². The van der Waals surface area contributed by atoms with E-state index in [2.05, 4.69) is 5.32 Å². The van der Waals surface area contributed by atoms with Gasteiger partial charge < -0.3 is 10.4 Å². The number of rotatable bonds is 3. The maximum absolute atomic E-state index is 11.2. The Balaban J connectivity index is 2.95. The molecule has 2 N–H and O–H groups in total. The first-order valence-corrected chi connectivity index (χ1v) is 5.82. The topological polar surface area (TPSA) is 83.5 Å². The van der Waals surface area contributed by atoms with Crippen molar-refractivity contribution < 1.29 is 18.3 Å². The molecule has 1 rings (SSSR count). The molecule has 0 spiro atoms. The molecule has 0 aromatic heterocycles. The van der Waals surface area contributed by atoms with Gasteiger partial charge in [-0.3, -0.25) is 4.79 Å². The van der Waals surface area contributed by atoms with Crippen LogP contribution in [0.25, 0.3) is 0 Å². The Kier molecular flexibility index (Phi) is 3.43. The summed E-state index contributed by atoms with van der Waals surface area (Å²) in [6.45, 7) is 1.36. The fourth-order valence-corrected chi connectivity index (χ4v) is 1.72. The summed E-state index contributed by atoms with van der Waals surface area (Å²) < 4.78 is 22.4. The Labute approximate surface area is 87.7 Å². The smallest absolute Gasteiger partial charge is 0.221 e. The van der Waals surface area contributed by atoms with Gasteiger partial charge in [-0.15, -0.1) is 0 Å². The van der Waals surface area contributed by atoms with E-state index in [9.17, 15) is 13.2 Å². The zero-order chi connectivity index (χ0) is 11.5. The van der Waals surface area contributed by atoms with Gasteiger partial charge in [-0.2, -0.15) is 0 Å². The van der Waals surface area contributed by atoms with E-state index in [1.54, 1.807) is 0 Å². The molecular weight excluding hydrogens is 218 g/mol. The van der Waals surface area contributed by atoms with Crippen LogP contribution < -0.4 is 5.32 Å². The molecule has 6 heteroatoms. The number of carbonyl (C=O) groups excluding carboxylic acids is 1. The molecule has 0 saturated carbocycles. The Morgan fingerprint density at radius 2 is 1.87 bits per heavy atom. The Morgan fingerprint density at radius 1 is 1.33 bits per heavy atom. The molecule has 0 radical (unpaired) electrons. The van der Waals surface area contributed by atoms with E-state index in [-0.39, 0.29) is 10.8 Å². The lowest BCUT2D eigenvalue weighted by molar-refractivity contribution is -0.114. The average Bonchev–Trinajstić information content (AvgIpc) is 2.18. The van der Waals surface area contributed by atoms with Crippen LogP contribution in [0.2, 0.25) is 0 Å². The molecular formula is C9H11NO4S. The van der Waals surface area contributed by atoms with Gasteiger partial charge in [0.25, 0.3) is 0 Å². The standard InChI is InChI=1S/C9H11NO4S/c1-7(12)10-8-2-4-9(5-3-8)15(13,14)6-11/h2-5,11H,6H2,1H3,(H,10,12). The van der Waals surface area contributed by atoms with Crippen LogP contribution in [0.1, 0.15) is 6.92 Å². The summed E-state index contributed by atoms with van der Waals surface area (Å²) in [4.78, 5) is 10.7. The lowest BCUT2D eigenvalue weighted by atomic mass is 10.3. The van der Waals surface area contributed by atoms with Gasteiger partial charge in [0.05, 0.1) is 4.90 Å². The molecule has 0 aliphatic heterocycles. The third-order valence-electron chi connectivity index (χ3n) is 1.70. The van der Waals surface area contributed by atoms with Crippen LogP contribution in [0, 0.1) is 0 Å². The summed E-state index contributed by atoms with van der Waals surface area (Å²) in [5.41, 5.74) is 0.513. The van der Waals surface area contributed by atoms with Crippen LogP contribution in [0.5, 0.6) is 0 Å². The van der Waals surface area contributed by atoms with E-state index in [4.69, 9.17) is 5.11 Å². The third kappa shape index (κ3) is 3.03. The number of nitrogens with one attached hydrogen (secondary N) is 1. The molecule has 15 heavy (non-hydrogen) atoms. The van der Waals surface area contributed by atoms with Crippen LogP contribution in [-0.2, 0) is 14.6 Å². The van der Waals surface area contributed by atoms with E-state index in [1.165, 1.54) is 31.2 Å². The van der Waals surface area contributed by atoms with Crippen LogP contribution in [0.4, 0.5) is 5.69 Å². The zero-order valence-electron chi connectivity index (χ0n) is 8.10. The maximum Gasteiger partial charge on any atom is 0.221 e. The van der Waals surface area contributed by atoms with Gasteiger partial charge in [-0.1, -0.05) is 0 Å². The van der Waals surface area contributed by atoms with Crippen LogP contribution in [0.3, 0.4) is 0 Å². The lowest BCUT2D eigenvalue weighted by Gasteiger charge is -2.03. The number of aliphatic hydroxyl groups excluding tert-OH is 1. The molecule has 82 valence electrons. The Morgan fingerprint density at radius 3 is 2.27 bits per heavy atom. The Bertz CT molecular complexity index is 450. The fraction of sp³-hybridized carbons (Fsp3) is 0.222. The van der Waals surface area contributed by atoms with Crippen molar-refractivity contribution >= 4 is 21.4 Å². The van der Waals surface area contributed by atoms with E-state index in [0.29, 0.717) is 5.69 Å². The number of hydrogen-bond donors (Lipinski definition) is 2. The molecule has 1 aromatic rings. The second-order valence-electron chi connectivity index (χ2n) is 2.95. The van der Waals surface area contributed by atoms with Crippen molar-refractivity contribution in [1.82, 2.24) is 0 Å². The zero-order valence-corrected chi connectivity index (χ0v) is 8.91. The molecule has 1 aromatic carbocycles. The van der Waals surface area contributed by atoms with E-state index >= 15 is 0 Å². The summed E-state index contributed by atoms with van der Waals surface area (Å²) in [5.74, 6) is -1.15. The van der Waals surface area contributed by atoms with Gasteiger partial charge in [-0.25, -0.2) is 8.42 Å². The van der Waals surface area contributed by atoms with Crippen molar-refractivity contribution in [3.63, 3.8) is 0 Å². The summed E-state index contributed by atoms with van der Waals surface area (Å²) >= 11 is 0. The number of carbonyl (C=O) groups is 1. The predicted octanol–water partition coefficient (Wildman–Crippen LogP) is 0.368. The second kappa shape index (κ2) is 4.41. The minimum atomic E-state index is -3.60. The van der Waals surface area contributed by atoms with Gasteiger partial charge in [0.1, 0.15) is 5.94 Å². The normalized spacial score (nSPS) is 11.1. The van der Waals surface area contributed by atoms with Gasteiger partial charge in [0, 0.05) is 12.6 Å². The highest BCUT2D eigenvalue weighted by atomic mass is 32.2. The summed E-state index contributed by atoms with van der Waals surface area (Å²) in [7, 11) is -3.60. The molecule has 0 aliphatic carbocycles. The molecule has 0 fully saturated rings. The van der Waals surface area contributed by atoms with Crippen molar-refractivity contribution in [3.8, 4) is 0 Å². The number of aliphatic hydroxyl groups is 1. The average molecular weight is 229 g/mol.